The molecule has 3 aliphatic rings. The highest BCUT2D eigenvalue weighted by Crippen LogP contribution is 2.31. The van der Waals surface area contributed by atoms with Crippen LogP contribution in [0.5, 0.6) is 0 Å². The lowest BCUT2D eigenvalue weighted by Crippen LogP contribution is -2.47. The number of aliphatic imine (C=N–C) groups is 1. The molecule has 7 heteroatoms. The Morgan fingerprint density at radius 2 is 2.04 bits per heavy atom. The van der Waals surface area contributed by atoms with Crippen LogP contribution in [0.25, 0.3) is 0 Å². The number of ether oxygens (including phenoxy) is 1. The minimum atomic E-state index is -0.538. The molecule has 2 heterocycles. The first-order valence-corrected chi connectivity index (χ1v) is 8.78. The summed E-state index contributed by atoms with van der Waals surface area (Å²) in [6, 6.07) is 0.611. The highest BCUT2D eigenvalue weighted by molar-refractivity contribution is 14.0. The Hall–Kier alpha value is -0.120. The van der Waals surface area contributed by atoms with Crippen molar-refractivity contribution in [3.63, 3.8) is 0 Å². The van der Waals surface area contributed by atoms with Crippen LogP contribution in [0.2, 0.25) is 0 Å². The van der Waals surface area contributed by atoms with Crippen molar-refractivity contribution < 1.29 is 9.84 Å². The van der Waals surface area contributed by atoms with E-state index in [1.807, 2.05) is 0 Å². The van der Waals surface area contributed by atoms with E-state index in [0.717, 1.165) is 71.2 Å². The van der Waals surface area contributed by atoms with Crippen LogP contribution in [-0.4, -0.2) is 85.0 Å². The first-order chi connectivity index (χ1) is 10.7. The number of hydrogen-bond acceptors (Lipinski definition) is 4. The molecular weight excluding hydrogens is 407 g/mol. The van der Waals surface area contributed by atoms with Crippen LogP contribution in [0.4, 0.5) is 0 Å². The quantitative estimate of drug-likeness (QED) is 0.388. The fourth-order valence-corrected chi connectivity index (χ4v) is 3.57. The molecule has 3 rings (SSSR count). The lowest BCUT2D eigenvalue weighted by Gasteiger charge is -2.35. The van der Waals surface area contributed by atoms with Crippen molar-refractivity contribution in [1.82, 2.24) is 15.1 Å². The minimum Gasteiger partial charge on any atom is -0.388 e. The zero-order valence-electron chi connectivity index (χ0n) is 14.2. The average Bonchev–Trinajstić information content (AvgIpc) is 3.00. The summed E-state index contributed by atoms with van der Waals surface area (Å²) in [5.74, 6) is 0.971. The maximum atomic E-state index is 10.3. The molecule has 2 N–H and O–H groups in total. The second-order valence-electron chi connectivity index (χ2n) is 6.78. The van der Waals surface area contributed by atoms with Gasteiger partial charge < -0.3 is 20.1 Å². The zero-order chi connectivity index (χ0) is 15.4. The molecule has 0 aromatic carbocycles. The highest BCUT2D eigenvalue weighted by Gasteiger charge is 2.35. The third-order valence-electron chi connectivity index (χ3n) is 5.17. The second kappa shape index (κ2) is 8.82. The summed E-state index contributed by atoms with van der Waals surface area (Å²) >= 11 is 0. The Morgan fingerprint density at radius 1 is 1.30 bits per heavy atom. The third kappa shape index (κ3) is 4.93. The number of guanidine groups is 1. The van der Waals surface area contributed by atoms with Crippen molar-refractivity contribution in [3.05, 3.63) is 0 Å². The van der Waals surface area contributed by atoms with Gasteiger partial charge in [0.25, 0.3) is 0 Å². The summed E-state index contributed by atoms with van der Waals surface area (Å²) in [5.41, 5.74) is -0.538. The van der Waals surface area contributed by atoms with Gasteiger partial charge in [0.2, 0.25) is 0 Å². The normalized spacial score (nSPS) is 28.2. The Morgan fingerprint density at radius 3 is 2.65 bits per heavy atom. The number of halogens is 1. The summed E-state index contributed by atoms with van der Waals surface area (Å²) in [6.07, 6.45) is 4.11. The van der Waals surface area contributed by atoms with Crippen LogP contribution in [0.3, 0.4) is 0 Å². The molecule has 2 aliphatic heterocycles. The first kappa shape index (κ1) is 19.2. The largest absolute Gasteiger partial charge is 0.388 e. The van der Waals surface area contributed by atoms with Crippen LogP contribution in [0, 0.1) is 0 Å². The van der Waals surface area contributed by atoms with Gasteiger partial charge in [-0.1, -0.05) is 0 Å². The molecule has 1 unspecified atom stereocenters. The van der Waals surface area contributed by atoms with E-state index < -0.39 is 5.60 Å². The molecule has 2 saturated heterocycles. The fourth-order valence-electron chi connectivity index (χ4n) is 3.57. The van der Waals surface area contributed by atoms with Crippen molar-refractivity contribution in [1.29, 1.82) is 0 Å². The van der Waals surface area contributed by atoms with E-state index >= 15 is 0 Å². The molecule has 6 nitrogen and oxygen atoms in total. The molecule has 3 fully saturated rings. The lowest BCUT2D eigenvalue weighted by atomic mass is 9.80. The molecule has 0 radical (unpaired) electrons. The van der Waals surface area contributed by atoms with Gasteiger partial charge in [0.1, 0.15) is 0 Å². The van der Waals surface area contributed by atoms with Gasteiger partial charge in [-0.3, -0.25) is 9.89 Å². The van der Waals surface area contributed by atoms with Crippen LogP contribution in [0.1, 0.15) is 32.6 Å². The van der Waals surface area contributed by atoms with Crippen molar-refractivity contribution in [2.24, 2.45) is 4.99 Å². The Labute approximate surface area is 156 Å². The Balaban J connectivity index is 0.00000192. The maximum Gasteiger partial charge on any atom is 0.194 e. The second-order valence-corrected chi connectivity index (χ2v) is 6.78. The number of aliphatic hydroxyl groups is 1. The van der Waals surface area contributed by atoms with E-state index in [9.17, 15) is 5.11 Å². The number of morpholine rings is 1. The molecule has 0 aromatic heterocycles. The smallest absolute Gasteiger partial charge is 0.194 e. The van der Waals surface area contributed by atoms with Crippen LogP contribution >= 0.6 is 24.0 Å². The molecule has 0 aromatic rings. The van der Waals surface area contributed by atoms with Gasteiger partial charge >= 0.3 is 0 Å². The number of nitrogens with zero attached hydrogens (tertiary/aromatic N) is 3. The van der Waals surface area contributed by atoms with Gasteiger partial charge in [-0.05, 0) is 32.6 Å². The lowest BCUT2D eigenvalue weighted by molar-refractivity contribution is -0.0237. The maximum absolute atomic E-state index is 10.3. The predicted molar refractivity (Wildman–Crippen MR) is 103 cm³/mol. The molecular formula is C16H31IN4O2. The fraction of sp³-hybridized carbons (Fsp3) is 0.938. The average molecular weight is 438 g/mol. The standard InChI is InChI=1S/C16H30N4O2.HI/c1-2-17-15(18-13-16(21)5-3-6-16)20-7-4-14(12-20)19-8-10-22-11-9-19;/h14,21H,2-13H2,1H3,(H,17,18);1H. The number of likely N-dealkylation sites (tertiary alicyclic amines) is 1. The van der Waals surface area contributed by atoms with E-state index in [1.54, 1.807) is 0 Å². The molecule has 134 valence electrons. The number of hydrogen-bond donors (Lipinski definition) is 2. The predicted octanol–water partition coefficient (Wildman–Crippen LogP) is 0.891. The van der Waals surface area contributed by atoms with E-state index in [1.165, 1.54) is 6.42 Å². The molecule has 1 saturated carbocycles. The number of rotatable bonds is 4. The first-order valence-electron chi connectivity index (χ1n) is 8.78. The van der Waals surface area contributed by atoms with Crippen molar-refractivity contribution in [2.75, 3.05) is 52.5 Å². The summed E-state index contributed by atoms with van der Waals surface area (Å²) in [4.78, 5) is 9.61. The summed E-state index contributed by atoms with van der Waals surface area (Å²) in [7, 11) is 0. The van der Waals surface area contributed by atoms with Gasteiger partial charge in [-0.2, -0.15) is 0 Å². The molecule has 23 heavy (non-hydrogen) atoms. The SMILES string of the molecule is CCNC(=NCC1(O)CCC1)N1CCC(N2CCOCC2)C1.I. The van der Waals surface area contributed by atoms with Crippen molar-refractivity contribution >= 4 is 29.9 Å². The topological polar surface area (TPSA) is 60.3 Å². The van der Waals surface area contributed by atoms with E-state index in [4.69, 9.17) is 9.73 Å². The number of nitrogens with one attached hydrogen (secondary N) is 1. The Bertz CT molecular complexity index is 398. The minimum absolute atomic E-state index is 0. The summed E-state index contributed by atoms with van der Waals surface area (Å²) in [5, 5.41) is 13.6. The van der Waals surface area contributed by atoms with Gasteiger partial charge in [0, 0.05) is 38.8 Å². The third-order valence-corrected chi connectivity index (χ3v) is 5.17. The van der Waals surface area contributed by atoms with Gasteiger partial charge in [0.05, 0.1) is 25.4 Å². The van der Waals surface area contributed by atoms with E-state index in [-0.39, 0.29) is 24.0 Å². The summed E-state index contributed by atoms with van der Waals surface area (Å²) < 4.78 is 5.45. The molecule has 1 aliphatic carbocycles. The van der Waals surface area contributed by atoms with Crippen molar-refractivity contribution in [2.45, 2.75) is 44.2 Å². The molecule has 0 amide bonds. The van der Waals surface area contributed by atoms with Gasteiger partial charge in [0.15, 0.2) is 5.96 Å². The van der Waals surface area contributed by atoms with E-state index in [2.05, 4.69) is 22.0 Å². The van der Waals surface area contributed by atoms with Crippen LogP contribution < -0.4 is 5.32 Å². The highest BCUT2D eigenvalue weighted by atomic mass is 127. The van der Waals surface area contributed by atoms with Gasteiger partial charge in [-0.25, -0.2) is 0 Å². The van der Waals surface area contributed by atoms with Crippen molar-refractivity contribution in [3.8, 4) is 0 Å². The molecule has 0 spiro atoms. The van der Waals surface area contributed by atoms with Gasteiger partial charge in [-0.15, -0.1) is 24.0 Å². The Kier molecular flexibility index (Phi) is 7.37. The van der Waals surface area contributed by atoms with Crippen LogP contribution in [0.15, 0.2) is 4.99 Å². The van der Waals surface area contributed by atoms with E-state index in [0.29, 0.717) is 12.6 Å². The molecule has 1 atom stereocenters. The van der Waals surface area contributed by atoms with Crippen LogP contribution in [-0.2, 0) is 4.74 Å². The molecule has 0 bridgehead atoms. The monoisotopic (exact) mass is 438 g/mol. The zero-order valence-corrected chi connectivity index (χ0v) is 16.5. The summed E-state index contributed by atoms with van der Waals surface area (Å²) in [6.45, 7) is 9.40.